The predicted octanol–water partition coefficient (Wildman–Crippen LogP) is 2.26. The van der Waals surface area contributed by atoms with Gasteiger partial charge in [-0.3, -0.25) is 4.79 Å². The smallest absolute Gasteiger partial charge is 0.317 e. The van der Waals surface area contributed by atoms with Crippen LogP contribution in [0.25, 0.3) is 0 Å². The van der Waals surface area contributed by atoms with E-state index in [0.717, 1.165) is 18.4 Å². The van der Waals surface area contributed by atoms with Crippen molar-refractivity contribution in [2.24, 2.45) is 11.3 Å². The van der Waals surface area contributed by atoms with E-state index >= 15 is 0 Å². The molecule has 1 saturated carbocycles. The summed E-state index contributed by atoms with van der Waals surface area (Å²) in [5.74, 6) is -0.982. The third-order valence-corrected chi connectivity index (χ3v) is 5.19. The zero-order chi connectivity index (χ0) is 16.4. The molecule has 2 atom stereocenters. The van der Waals surface area contributed by atoms with Crippen molar-refractivity contribution in [1.29, 1.82) is 0 Å². The molecule has 3 rings (SSSR count). The van der Waals surface area contributed by atoms with Crippen molar-refractivity contribution in [3.05, 3.63) is 35.6 Å². The Morgan fingerprint density at radius 3 is 2.74 bits per heavy atom. The van der Waals surface area contributed by atoms with E-state index in [-0.39, 0.29) is 17.8 Å². The molecule has 2 aliphatic rings. The van der Waals surface area contributed by atoms with Crippen LogP contribution in [0, 0.1) is 17.2 Å². The summed E-state index contributed by atoms with van der Waals surface area (Å²) in [4.78, 5) is 25.5. The van der Waals surface area contributed by atoms with Crippen LogP contribution in [0.4, 0.5) is 9.18 Å². The Bertz CT molecular complexity index is 604. The van der Waals surface area contributed by atoms with Gasteiger partial charge in [0.2, 0.25) is 0 Å². The van der Waals surface area contributed by atoms with E-state index in [2.05, 4.69) is 5.32 Å². The minimum atomic E-state index is -0.776. The van der Waals surface area contributed by atoms with Gasteiger partial charge in [0.05, 0.1) is 5.41 Å². The van der Waals surface area contributed by atoms with E-state index in [9.17, 15) is 19.1 Å². The number of carboxylic acid groups (broad SMARTS) is 1. The van der Waals surface area contributed by atoms with E-state index in [1.165, 1.54) is 12.1 Å². The molecular formula is C17H21FN2O3. The summed E-state index contributed by atoms with van der Waals surface area (Å²) in [6.45, 7) is 1.27. The number of hydrogen-bond acceptors (Lipinski definition) is 2. The van der Waals surface area contributed by atoms with Crippen molar-refractivity contribution < 1.29 is 19.1 Å². The molecule has 6 heteroatoms. The van der Waals surface area contributed by atoms with Gasteiger partial charge in [-0.05, 0) is 42.9 Å². The zero-order valence-electron chi connectivity index (χ0n) is 12.9. The van der Waals surface area contributed by atoms with Crippen molar-refractivity contribution in [3.63, 3.8) is 0 Å². The van der Waals surface area contributed by atoms with E-state index < -0.39 is 11.4 Å². The first-order valence-electron chi connectivity index (χ1n) is 8.02. The highest BCUT2D eigenvalue weighted by Gasteiger charge is 2.55. The van der Waals surface area contributed by atoms with Crippen LogP contribution in [0.2, 0.25) is 0 Å². The van der Waals surface area contributed by atoms with Crippen LogP contribution in [0.5, 0.6) is 0 Å². The average molecular weight is 320 g/mol. The summed E-state index contributed by atoms with van der Waals surface area (Å²) >= 11 is 0. The summed E-state index contributed by atoms with van der Waals surface area (Å²) in [6, 6.07) is 5.98. The fourth-order valence-electron chi connectivity index (χ4n) is 3.87. The molecule has 23 heavy (non-hydrogen) atoms. The Kier molecular flexibility index (Phi) is 4.24. The summed E-state index contributed by atoms with van der Waals surface area (Å²) in [5, 5.41) is 12.4. The number of nitrogens with zero attached hydrogens (tertiary/aromatic N) is 1. The predicted molar refractivity (Wildman–Crippen MR) is 82.5 cm³/mol. The molecule has 2 N–H and O–H groups in total. The largest absolute Gasteiger partial charge is 0.481 e. The maximum Gasteiger partial charge on any atom is 0.317 e. The number of likely N-dealkylation sites (tertiary alicyclic amines) is 1. The Hall–Kier alpha value is -2.11. The van der Waals surface area contributed by atoms with Gasteiger partial charge in [-0.15, -0.1) is 0 Å². The Labute approximate surface area is 134 Å². The van der Waals surface area contributed by atoms with Crippen molar-refractivity contribution in [3.8, 4) is 0 Å². The summed E-state index contributed by atoms with van der Waals surface area (Å²) in [7, 11) is 0. The van der Waals surface area contributed by atoms with Crippen LogP contribution in [0.3, 0.4) is 0 Å². The lowest BCUT2D eigenvalue weighted by atomic mass is 9.81. The van der Waals surface area contributed by atoms with Gasteiger partial charge in [0.15, 0.2) is 0 Å². The van der Waals surface area contributed by atoms with Gasteiger partial charge in [0.1, 0.15) is 5.82 Å². The van der Waals surface area contributed by atoms with Crippen molar-refractivity contribution in [2.45, 2.75) is 25.7 Å². The minimum absolute atomic E-state index is 0.0721. The number of amides is 2. The second kappa shape index (κ2) is 6.18. The molecule has 0 radical (unpaired) electrons. The highest BCUT2D eigenvalue weighted by Crippen LogP contribution is 2.48. The van der Waals surface area contributed by atoms with Gasteiger partial charge in [-0.25, -0.2) is 9.18 Å². The molecular weight excluding hydrogens is 299 g/mol. The van der Waals surface area contributed by atoms with Gasteiger partial charge in [0.25, 0.3) is 0 Å². The zero-order valence-corrected chi connectivity index (χ0v) is 12.9. The standard InChI is InChI=1S/C17H21FN2O3/c18-14-5-3-12(4-6-14)7-9-19-16(23)20-10-13-2-1-8-17(13,11-20)15(21)22/h3-6,13H,1-2,7-11H2,(H,19,23)(H,21,22)/t13-,17+/m0/s1. The monoisotopic (exact) mass is 320 g/mol. The van der Waals surface area contributed by atoms with Gasteiger partial charge < -0.3 is 15.3 Å². The molecule has 2 amide bonds. The molecule has 1 aromatic carbocycles. The number of hydrogen-bond donors (Lipinski definition) is 2. The molecule has 1 aliphatic carbocycles. The summed E-state index contributed by atoms with van der Waals surface area (Å²) in [6.07, 6.45) is 3.09. The summed E-state index contributed by atoms with van der Waals surface area (Å²) in [5.41, 5.74) is 0.209. The number of aliphatic carboxylic acids is 1. The molecule has 1 saturated heterocycles. The highest BCUT2D eigenvalue weighted by molar-refractivity contribution is 5.80. The quantitative estimate of drug-likeness (QED) is 0.894. The average Bonchev–Trinajstić information content (AvgIpc) is 3.07. The number of rotatable bonds is 4. The third kappa shape index (κ3) is 3.02. The number of halogens is 1. The Morgan fingerprint density at radius 2 is 2.09 bits per heavy atom. The molecule has 1 aromatic rings. The van der Waals surface area contributed by atoms with Crippen LogP contribution in [-0.2, 0) is 11.2 Å². The number of carboxylic acids is 1. The SMILES string of the molecule is O=C(NCCc1ccc(F)cc1)N1C[C@@H]2CCC[C@@]2(C(=O)O)C1. The van der Waals surface area contributed by atoms with Gasteiger partial charge in [0, 0.05) is 19.6 Å². The van der Waals surface area contributed by atoms with Crippen LogP contribution in [0.15, 0.2) is 24.3 Å². The summed E-state index contributed by atoms with van der Waals surface area (Å²) < 4.78 is 12.8. The second-order valence-corrected chi connectivity index (χ2v) is 6.54. The van der Waals surface area contributed by atoms with Crippen molar-refractivity contribution in [1.82, 2.24) is 10.2 Å². The fourth-order valence-corrected chi connectivity index (χ4v) is 3.87. The normalized spacial score (nSPS) is 26.1. The number of urea groups is 1. The third-order valence-electron chi connectivity index (χ3n) is 5.19. The fraction of sp³-hybridized carbons (Fsp3) is 0.529. The topological polar surface area (TPSA) is 69.6 Å². The first-order chi connectivity index (χ1) is 11.0. The molecule has 0 bridgehead atoms. The lowest BCUT2D eigenvalue weighted by Gasteiger charge is -2.23. The van der Waals surface area contributed by atoms with Crippen LogP contribution < -0.4 is 5.32 Å². The highest BCUT2D eigenvalue weighted by atomic mass is 19.1. The number of carbonyl (C=O) groups excluding carboxylic acids is 1. The van der Waals surface area contributed by atoms with Gasteiger partial charge >= 0.3 is 12.0 Å². The van der Waals surface area contributed by atoms with Gasteiger partial charge in [-0.2, -0.15) is 0 Å². The van der Waals surface area contributed by atoms with Crippen LogP contribution in [0.1, 0.15) is 24.8 Å². The maximum absolute atomic E-state index is 12.8. The Balaban J connectivity index is 1.51. The van der Waals surface area contributed by atoms with E-state index in [0.29, 0.717) is 32.5 Å². The lowest BCUT2D eigenvalue weighted by molar-refractivity contribution is -0.149. The number of benzene rings is 1. The van der Waals surface area contributed by atoms with E-state index in [1.807, 2.05) is 0 Å². The molecule has 1 heterocycles. The van der Waals surface area contributed by atoms with E-state index in [1.54, 1.807) is 17.0 Å². The number of carbonyl (C=O) groups is 2. The molecule has 5 nitrogen and oxygen atoms in total. The van der Waals surface area contributed by atoms with E-state index in [4.69, 9.17) is 0 Å². The number of nitrogens with one attached hydrogen (secondary N) is 1. The van der Waals surface area contributed by atoms with Crippen molar-refractivity contribution in [2.75, 3.05) is 19.6 Å². The molecule has 2 fully saturated rings. The van der Waals surface area contributed by atoms with Crippen LogP contribution in [-0.4, -0.2) is 41.6 Å². The second-order valence-electron chi connectivity index (χ2n) is 6.54. The lowest BCUT2D eigenvalue weighted by Crippen LogP contribution is -2.42. The van der Waals surface area contributed by atoms with Crippen LogP contribution >= 0.6 is 0 Å². The maximum atomic E-state index is 12.8. The van der Waals surface area contributed by atoms with Gasteiger partial charge in [-0.1, -0.05) is 18.6 Å². The molecule has 124 valence electrons. The first kappa shape index (κ1) is 15.8. The molecule has 0 spiro atoms. The molecule has 0 aromatic heterocycles. The Morgan fingerprint density at radius 1 is 1.35 bits per heavy atom. The molecule has 1 aliphatic heterocycles. The van der Waals surface area contributed by atoms with Crippen molar-refractivity contribution >= 4 is 12.0 Å². The number of fused-ring (bicyclic) bond motifs is 1. The minimum Gasteiger partial charge on any atom is -0.481 e. The molecule has 0 unspecified atom stereocenters. The first-order valence-corrected chi connectivity index (χ1v) is 8.02.